The van der Waals surface area contributed by atoms with Crippen molar-refractivity contribution in [2.45, 2.75) is 51.2 Å². The molecule has 0 saturated carbocycles. The molecule has 13 heteroatoms. The van der Waals surface area contributed by atoms with Crippen molar-refractivity contribution in [3.63, 3.8) is 0 Å². The summed E-state index contributed by atoms with van der Waals surface area (Å²) in [5.41, 5.74) is 3.39. The number of hydrogen-bond donors (Lipinski definition) is 2. The van der Waals surface area contributed by atoms with Gasteiger partial charge >= 0.3 is 0 Å². The van der Waals surface area contributed by atoms with Gasteiger partial charge in [-0.15, -0.1) is 5.10 Å². The lowest BCUT2D eigenvalue weighted by Crippen LogP contribution is -2.46. The maximum absolute atomic E-state index is 14.0. The number of benzene rings is 2. The molecule has 6 rings (SSSR count). The van der Waals surface area contributed by atoms with Gasteiger partial charge in [0.25, 0.3) is 0 Å². The summed E-state index contributed by atoms with van der Waals surface area (Å²) in [5, 5.41) is 27.0. The average Bonchev–Trinajstić information content (AvgIpc) is 3.52. The maximum atomic E-state index is 14.0. The molecule has 1 atom stereocenters. The highest BCUT2D eigenvalue weighted by molar-refractivity contribution is 6.32. The minimum atomic E-state index is -1.22. The molecule has 0 radical (unpaired) electrons. The largest absolute Gasteiger partial charge is 0.371 e. The topological polar surface area (TPSA) is 108 Å². The number of nitrogens with zero attached hydrogens (tertiary/aromatic N) is 7. The predicted octanol–water partition coefficient (Wildman–Crippen LogP) is 8.06. The summed E-state index contributed by atoms with van der Waals surface area (Å²) >= 11 is 12.9. The summed E-state index contributed by atoms with van der Waals surface area (Å²) in [6, 6.07) is 13.7. The third-order valence-corrected chi connectivity index (χ3v) is 8.71. The van der Waals surface area contributed by atoms with Crippen molar-refractivity contribution in [1.82, 2.24) is 29.9 Å². The molecule has 9 nitrogen and oxygen atoms in total. The molecule has 5 aromatic rings. The van der Waals surface area contributed by atoms with Crippen LogP contribution in [0.5, 0.6) is 0 Å². The van der Waals surface area contributed by atoms with E-state index in [0.717, 1.165) is 43.8 Å². The number of nitrogens with one attached hydrogen (secondary N) is 2. The Labute approximate surface area is 275 Å². The zero-order chi connectivity index (χ0) is 32.6. The van der Waals surface area contributed by atoms with E-state index in [1.807, 2.05) is 35.1 Å². The van der Waals surface area contributed by atoms with E-state index >= 15 is 0 Å². The number of aromatic nitrogens is 5. The Morgan fingerprint density at radius 1 is 1.00 bits per heavy atom. The van der Waals surface area contributed by atoms with Crippen LogP contribution in [0.2, 0.25) is 10.0 Å². The monoisotopic (exact) mass is 661 g/mol. The number of rotatable bonds is 7. The van der Waals surface area contributed by atoms with E-state index in [0.29, 0.717) is 38.0 Å². The fraction of sp³-hybridized carbons (Fsp3) is 0.303. The molecule has 2 aromatic carbocycles. The molecule has 0 amide bonds. The molecule has 4 heterocycles. The molecule has 3 aromatic heterocycles. The standard InChI is InChI=1S/C33H31Cl2F2N9/c1-33(2,3)45-10-8-24(9-11-45)46-18-28(43-44-46)30(19-4-6-21(34)7-5-19)42-27-13-22(35)12-25-29(20(15-38)16-39-31(25)27)41-23-14-26(36)32(37)40-17-23/h4-7,12-14,16-18,24,30,42H,8-11H2,1-3H3,(H,39,41)/t30-/m0/s1. The average molecular weight is 663 g/mol. The van der Waals surface area contributed by atoms with Crippen LogP contribution in [-0.4, -0.2) is 48.5 Å². The molecule has 1 aliphatic rings. The van der Waals surface area contributed by atoms with E-state index in [2.05, 4.69) is 62.7 Å². The summed E-state index contributed by atoms with van der Waals surface area (Å²) in [6.45, 7) is 8.65. The van der Waals surface area contributed by atoms with E-state index in [1.165, 1.54) is 6.20 Å². The van der Waals surface area contributed by atoms with Gasteiger partial charge in [-0.2, -0.15) is 9.65 Å². The van der Waals surface area contributed by atoms with Gasteiger partial charge in [-0.1, -0.05) is 40.5 Å². The van der Waals surface area contributed by atoms with Crippen LogP contribution in [0.3, 0.4) is 0 Å². The van der Waals surface area contributed by atoms with Gasteiger partial charge in [0, 0.05) is 46.3 Å². The number of halogens is 4. The second-order valence-electron chi connectivity index (χ2n) is 12.3. The second kappa shape index (κ2) is 12.8. The van der Waals surface area contributed by atoms with E-state index in [9.17, 15) is 14.0 Å². The van der Waals surface area contributed by atoms with Gasteiger partial charge in [-0.25, -0.2) is 14.1 Å². The maximum Gasteiger partial charge on any atom is 0.249 e. The molecular formula is C33H31Cl2F2N9. The predicted molar refractivity (Wildman–Crippen MR) is 175 cm³/mol. The van der Waals surface area contributed by atoms with Crippen LogP contribution in [0, 0.1) is 23.1 Å². The Kier molecular flexibility index (Phi) is 8.79. The number of nitriles is 1. The van der Waals surface area contributed by atoms with Crippen molar-refractivity contribution in [1.29, 1.82) is 5.26 Å². The molecule has 1 fully saturated rings. The molecule has 236 valence electrons. The number of piperidine rings is 1. The van der Waals surface area contributed by atoms with E-state index in [1.54, 1.807) is 12.1 Å². The van der Waals surface area contributed by atoms with Gasteiger partial charge < -0.3 is 10.6 Å². The molecular weight excluding hydrogens is 631 g/mol. The molecule has 0 spiro atoms. The van der Waals surface area contributed by atoms with E-state index in [4.69, 9.17) is 23.2 Å². The van der Waals surface area contributed by atoms with Gasteiger partial charge in [0.05, 0.1) is 52.6 Å². The quantitative estimate of drug-likeness (QED) is 0.169. The number of likely N-dealkylation sites (tertiary alicyclic amines) is 1. The molecule has 0 aliphatic carbocycles. The molecule has 0 unspecified atom stereocenters. The van der Waals surface area contributed by atoms with Crippen LogP contribution >= 0.6 is 23.2 Å². The smallest absolute Gasteiger partial charge is 0.249 e. The number of hydrogen-bond acceptors (Lipinski definition) is 8. The van der Waals surface area contributed by atoms with Crippen molar-refractivity contribution in [3.8, 4) is 6.07 Å². The zero-order valence-electron chi connectivity index (χ0n) is 25.4. The normalized spacial score (nSPS) is 15.1. The minimum Gasteiger partial charge on any atom is -0.371 e. The third-order valence-electron chi connectivity index (χ3n) is 8.24. The highest BCUT2D eigenvalue weighted by Gasteiger charge is 2.29. The minimum absolute atomic E-state index is 0.116. The van der Waals surface area contributed by atoms with Crippen LogP contribution in [0.4, 0.5) is 25.8 Å². The summed E-state index contributed by atoms with van der Waals surface area (Å²) in [6.07, 6.45) is 6.45. The number of fused-ring (bicyclic) bond motifs is 1. The van der Waals surface area contributed by atoms with Crippen molar-refractivity contribution < 1.29 is 8.78 Å². The highest BCUT2D eigenvalue weighted by atomic mass is 35.5. The van der Waals surface area contributed by atoms with E-state index in [-0.39, 0.29) is 22.8 Å². The van der Waals surface area contributed by atoms with Crippen LogP contribution in [-0.2, 0) is 0 Å². The Morgan fingerprint density at radius 2 is 1.74 bits per heavy atom. The second-order valence-corrected chi connectivity index (χ2v) is 13.1. The fourth-order valence-electron chi connectivity index (χ4n) is 5.77. The molecule has 0 bridgehead atoms. The Bertz CT molecular complexity index is 1930. The lowest BCUT2D eigenvalue weighted by atomic mass is 9.98. The molecule has 2 N–H and O–H groups in total. The van der Waals surface area contributed by atoms with Crippen molar-refractivity contribution in [2.75, 3.05) is 23.7 Å². The van der Waals surface area contributed by atoms with Crippen molar-refractivity contribution in [3.05, 3.63) is 99.7 Å². The summed E-state index contributed by atoms with van der Waals surface area (Å²) in [4.78, 5) is 10.5. The van der Waals surface area contributed by atoms with E-state index < -0.39 is 17.8 Å². The van der Waals surface area contributed by atoms with Crippen LogP contribution in [0.1, 0.15) is 62.5 Å². The van der Waals surface area contributed by atoms with Gasteiger partial charge in [-0.3, -0.25) is 9.88 Å². The lowest BCUT2D eigenvalue weighted by molar-refractivity contribution is 0.0866. The van der Waals surface area contributed by atoms with Gasteiger partial charge in [0.15, 0.2) is 5.82 Å². The van der Waals surface area contributed by atoms with Gasteiger partial charge in [-0.05, 0) is 63.4 Å². The lowest BCUT2D eigenvalue weighted by Gasteiger charge is -2.40. The first-order valence-corrected chi connectivity index (χ1v) is 15.5. The zero-order valence-corrected chi connectivity index (χ0v) is 26.9. The molecule has 46 heavy (non-hydrogen) atoms. The first kappa shape index (κ1) is 31.6. The van der Waals surface area contributed by atoms with Crippen LogP contribution in [0.15, 0.2) is 61.1 Å². The Hall–Kier alpha value is -4.37. The highest BCUT2D eigenvalue weighted by Crippen LogP contribution is 2.38. The van der Waals surface area contributed by atoms with Crippen molar-refractivity contribution in [2.24, 2.45) is 0 Å². The SMILES string of the molecule is CC(C)(C)N1CCC(n2cc([C@@H](Nc3cc(Cl)cc4c(Nc5cnc(F)c(F)c5)c(C#N)cnc34)c3ccc(Cl)cc3)nn2)CC1. The van der Waals surface area contributed by atoms with Crippen molar-refractivity contribution >= 4 is 51.2 Å². The van der Waals surface area contributed by atoms with Gasteiger partial charge in [0.2, 0.25) is 5.95 Å². The molecule has 1 saturated heterocycles. The fourth-order valence-corrected chi connectivity index (χ4v) is 6.12. The first-order valence-electron chi connectivity index (χ1n) is 14.8. The number of pyridine rings is 2. The Morgan fingerprint density at radius 3 is 2.41 bits per heavy atom. The summed E-state index contributed by atoms with van der Waals surface area (Å²) in [5.74, 6) is -2.35. The van der Waals surface area contributed by atoms with Gasteiger partial charge in [0.1, 0.15) is 11.8 Å². The summed E-state index contributed by atoms with van der Waals surface area (Å²) < 4.78 is 29.4. The Balaban J connectivity index is 1.38. The molecule has 1 aliphatic heterocycles. The first-order chi connectivity index (χ1) is 22.0. The van der Waals surface area contributed by atoms with Crippen LogP contribution < -0.4 is 10.6 Å². The van der Waals surface area contributed by atoms with Crippen LogP contribution in [0.25, 0.3) is 10.9 Å². The number of anilines is 3. The summed E-state index contributed by atoms with van der Waals surface area (Å²) in [7, 11) is 0. The third kappa shape index (κ3) is 6.60.